The molecule has 0 fully saturated rings. The topological polar surface area (TPSA) is 59.6 Å². The summed E-state index contributed by atoms with van der Waals surface area (Å²) in [6.07, 6.45) is 0.357. The summed E-state index contributed by atoms with van der Waals surface area (Å²) in [6.45, 7) is 1.53. The molecule has 4 rings (SSSR count). The van der Waals surface area contributed by atoms with Crippen LogP contribution in [0.25, 0.3) is 0 Å². The molecule has 0 saturated heterocycles. The fourth-order valence-electron chi connectivity index (χ4n) is 2.84. The highest BCUT2D eigenvalue weighted by atomic mass is 32.1. The Hall–Kier alpha value is -2.99. The monoisotopic (exact) mass is 380 g/mol. The van der Waals surface area contributed by atoms with E-state index in [1.165, 1.54) is 5.56 Å². The number of hydrogen-bond acceptors (Lipinski definition) is 5. The second kappa shape index (κ2) is 8.14. The van der Waals surface area contributed by atoms with E-state index in [0.29, 0.717) is 13.0 Å². The molecule has 1 amide bonds. The summed E-state index contributed by atoms with van der Waals surface area (Å²) in [5.41, 5.74) is 4.29. The Morgan fingerprint density at radius 2 is 1.74 bits per heavy atom. The summed E-state index contributed by atoms with van der Waals surface area (Å²) < 4.78 is 10.6. The molecular formula is C21H20N2O3S. The predicted octanol–water partition coefficient (Wildman–Crippen LogP) is 3.95. The molecule has 1 aromatic heterocycles. The van der Waals surface area contributed by atoms with Gasteiger partial charge in [-0.3, -0.25) is 4.79 Å². The molecule has 0 spiro atoms. The molecule has 2 N–H and O–H groups in total. The van der Waals surface area contributed by atoms with E-state index >= 15 is 0 Å². The van der Waals surface area contributed by atoms with Crippen LogP contribution in [-0.2, 0) is 24.3 Å². The van der Waals surface area contributed by atoms with Crippen molar-refractivity contribution in [2.24, 2.45) is 0 Å². The Morgan fingerprint density at radius 3 is 2.56 bits per heavy atom. The molecule has 0 saturated carbocycles. The van der Waals surface area contributed by atoms with E-state index in [0.717, 1.165) is 34.9 Å². The summed E-state index contributed by atoms with van der Waals surface area (Å²) in [5.74, 6) is 1.47. The molecule has 3 aromatic rings. The van der Waals surface area contributed by atoms with E-state index in [9.17, 15) is 4.79 Å². The highest BCUT2D eigenvalue weighted by Gasteiger charge is 2.13. The summed E-state index contributed by atoms with van der Waals surface area (Å²) in [4.78, 5) is 12.2. The third-order valence-electron chi connectivity index (χ3n) is 4.32. The Morgan fingerprint density at radius 1 is 0.926 bits per heavy atom. The first-order valence-corrected chi connectivity index (χ1v) is 9.70. The van der Waals surface area contributed by atoms with Gasteiger partial charge in [0.05, 0.1) is 6.42 Å². The van der Waals surface area contributed by atoms with Crippen LogP contribution in [0.4, 0.5) is 5.69 Å². The second-order valence-corrected chi connectivity index (χ2v) is 7.10. The number of benzene rings is 2. The van der Waals surface area contributed by atoms with Crippen molar-refractivity contribution in [1.29, 1.82) is 0 Å². The minimum atomic E-state index is -0.00773. The molecular weight excluding hydrogens is 360 g/mol. The number of thiophene rings is 1. The van der Waals surface area contributed by atoms with E-state index in [1.54, 1.807) is 11.3 Å². The second-order valence-electron chi connectivity index (χ2n) is 6.32. The maximum atomic E-state index is 12.2. The van der Waals surface area contributed by atoms with Crippen LogP contribution in [0.3, 0.4) is 0 Å². The number of hydrogen-bond donors (Lipinski definition) is 2. The van der Waals surface area contributed by atoms with Gasteiger partial charge in [-0.2, -0.15) is 11.3 Å². The maximum Gasteiger partial charge on any atom is 0.231 e. The molecule has 27 heavy (non-hydrogen) atoms. The van der Waals surface area contributed by atoms with Crippen LogP contribution in [0.1, 0.15) is 16.7 Å². The summed E-state index contributed by atoms with van der Waals surface area (Å²) in [6, 6.07) is 15.8. The molecule has 0 bridgehead atoms. The van der Waals surface area contributed by atoms with Crippen molar-refractivity contribution in [2.45, 2.75) is 19.5 Å². The highest BCUT2D eigenvalue weighted by Crippen LogP contribution is 2.32. The number of rotatable bonds is 7. The van der Waals surface area contributed by atoms with E-state index < -0.39 is 0 Å². The Balaban J connectivity index is 1.25. The zero-order chi connectivity index (χ0) is 18.5. The van der Waals surface area contributed by atoms with Crippen LogP contribution in [0, 0.1) is 0 Å². The molecule has 6 heteroatoms. The standard InChI is InChI=1S/C21H20N2O3S/c24-21(23-11-16-3-6-19-20(9-16)26-14-25-19)10-15-1-4-18(5-2-15)22-12-17-7-8-27-13-17/h1-9,13,22H,10-12,14H2,(H,23,24). The number of carbonyl (C=O) groups excluding carboxylic acids is 1. The zero-order valence-electron chi connectivity index (χ0n) is 14.7. The van der Waals surface area contributed by atoms with Gasteiger partial charge in [-0.05, 0) is 57.8 Å². The van der Waals surface area contributed by atoms with Gasteiger partial charge in [-0.15, -0.1) is 0 Å². The van der Waals surface area contributed by atoms with Crippen molar-refractivity contribution >= 4 is 22.9 Å². The van der Waals surface area contributed by atoms with Gasteiger partial charge >= 0.3 is 0 Å². The van der Waals surface area contributed by atoms with Gasteiger partial charge in [0.15, 0.2) is 11.5 Å². The van der Waals surface area contributed by atoms with Crippen molar-refractivity contribution in [3.63, 3.8) is 0 Å². The fourth-order valence-corrected chi connectivity index (χ4v) is 3.51. The van der Waals surface area contributed by atoms with Crippen molar-refractivity contribution in [1.82, 2.24) is 5.32 Å². The highest BCUT2D eigenvalue weighted by molar-refractivity contribution is 7.07. The lowest BCUT2D eigenvalue weighted by Crippen LogP contribution is -2.24. The molecule has 138 valence electrons. The lowest BCUT2D eigenvalue weighted by atomic mass is 10.1. The number of carbonyl (C=O) groups is 1. The number of amides is 1. The molecule has 0 atom stereocenters. The lowest BCUT2D eigenvalue weighted by molar-refractivity contribution is -0.120. The third-order valence-corrected chi connectivity index (χ3v) is 5.05. The quantitative estimate of drug-likeness (QED) is 0.652. The predicted molar refractivity (Wildman–Crippen MR) is 106 cm³/mol. The third kappa shape index (κ3) is 4.60. The molecule has 2 aromatic carbocycles. The first kappa shape index (κ1) is 17.4. The average molecular weight is 380 g/mol. The maximum absolute atomic E-state index is 12.2. The number of ether oxygens (including phenoxy) is 2. The van der Waals surface area contributed by atoms with E-state index in [2.05, 4.69) is 27.5 Å². The van der Waals surface area contributed by atoms with Crippen LogP contribution in [-0.4, -0.2) is 12.7 Å². The SMILES string of the molecule is O=C(Cc1ccc(NCc2ccsc2)cc1)NCc1ccc2c(c1)OCO2. The number of nitrogens with one attached hydrogen (secondary N) is 2. The van der Waals surface area contributed by atoms with Crippen molar-refractivity contribution < 1.29 is 14.3 Å². The van der Waals surface area contributed by atoms with Crippen molar-refractivity contribution in [3.05, 3.63) is 76.0 Å². The van der Waals surface area contributed by atoms with Gasteiger partial charge in [0, 0.05) is 18.8 Å². The van der Waals surface area contributed by atoms with Crippen molar-refractivity contribution in [3.8, 4) is 11.5 Å². The van der Waals surface area contributed by atoms with Gasteiger partial charge in [-0.25, -0.2) is 0 Å². The van der Waals surface area contributed by atoms with Crippen molar-refractivity contribution in [2.75, 3.05) is 12.1 Å². The molecule has 1 aliphatic rings. The first-order chi connectivity index (χ1) is 13.3. The van der Waals surface area contributed by atoms with Crippen LogP contribution in [0.2, 0.25) is 0 Å². The van der Waals surface area contributed by atoms with E-state index in [4.69, 9.17) is 9.47 Å². The number of fused-ring (bicyclic) bond motifs is 1. The first-order valence-electron chi connectivity index (χ1n) is 8.75. The van der Waals surface area contributed by atoms with Crippen LogP contribution in [0.15, 0.2) is 59.3 Å². The summed E-state index contributed by atoms with van der Waals surface area (Å²) in [7, 11) is 0. The zero-order valence-corrected chi connectivity index (χ0v) is 15.6. The van der Waals surface area contributed by atoms with E-state index in [1.807, 2.05) is 42.5 Å². The molecule has 0 radical (unpaired) electrons. The van der Waals surface area contributed by atoms with Gasteiger partial charge in [0.25, 0.3) is 0 Å². The Bertz CT molecular complexity index is 908. The molecule has 2 heterocycles. The van der Waals surface area contributed by atoms with E-state index in [-0.39, 0.29) is 12.7 Å². The summed E-state index contributed by atoms with van der Waals surface area (Å²) >= 11 is 1.70. The lowest BCUT2D eigenvalue weighted by Gasteiger charge is -2.08. The average Bonchev–Trinajstić information content (AvgIpc) is 3.37. The molecule has 1 aliphatic heterocycles. The van der Waals surface area contributed by atoms with Crippen LogP contribution in [0.5, 0.6) is 11.5 Å². The smallest absolute Gasteiger partial charge is 0.231 e. The fraction of sp³-hybridized carbons (Fsp3) is 0.190. The van der Waals surface area contributed by atoms with Gasteiger partial charge in [0.2, 0.25) is 12.7 Å². The summed E-state index contributed by atoms with van der Waals surface area (Å²) in [5, 5.41) is 10.5. The normalized spacial score (nSPS) is 12.0. The van der Waals surface area contributed by atoms with Crippen LogP contribution < -0.4 is 20.1 Å². The minimum absolute atomic E-state index is 0.00773. The molecule has 0 aliphatic carbocycles. The molecule has 5 nitrogen and oxygen atoms in total. The van der Waals surface area contributed by atoms with Crippen LogP contribution >= 0.6 is 11.3 Å². The van der Waals surface area contributed by atoms with Gasteiger partial charge in [0.1, 0.15) is 0 Å². The molecule has 0 unspecified atom stereocenters. The van der Waals surface area contributed by atoms with Gasteiger partial charge < -0.3 is 20.1 Å². The minimum Gasteiger partial charge on any atom is -0.454 e. The number of anilines is 1. The largest absolute Gasteiger partial charge is 0.454 e. The van der Waals surface area contributed by atoms with Gasteiger partial charge in [-0.1, -0.05) is 18.2 Å². The Kier molecular flexibility index (Phi) is 5.25. The Labute approximate surface area is 161 Å².